The third-order valence-corrected chi connectivity index (χ3v) is 13.6. The minimum absolute atomic E-state index is 0.0402. The molecule has 2 atom stereocenters. The molecule has 1 amide bonds. The van der Waals surface area contributed by atoms with Gasteiger partial charge >= 0.3 is 5.97 Å². The van der Waals surface area contributed by atoms with Gasteiger partial charge in [0.25, 0.3) is 0 Å². The average Bonchev–Trinajstić information content (AvgIpc) is 3.34. The van der Waals surface area contributed by atoms with Gasteiger partial charge in [0.15, 0.2) is 0 Å². The van der Waals surface area contributed by atoms with Crippen molar-refractivity contribution in [1.82, 2.24) is 5.32 Å². The molecule has 0 radical (unpaired) electrons. The molecule has 0 spiro atoms. The summed E-state index contributed by atoms with van der Waals surface area (Å²) in [6.07, 6.45) is 72.8. The number of esters is 1. The van der Waals surface area contributed by atoms with E-state index in [9.17, 15) is 19.8 Å². The Kier molecular flexibility index (Phi) is 55.6. The van der Waals surface area contributed by atoms with Crippen molar-refractivity contribution in [2.45, 2.75) is 321 Å². The lowest BCUT2D eigenvalue weighted by molar-refractivity contribution is -0.143. The van der Waals surface area contributed by atoms with E-state index in [1.807, 2.05) is 6.08 Å². The number of carbonyl (C=O) groups excluding carboxylic acids is 2. The van der Waals surface area contributed by atoms with Crippen LogP contribution in [0.15, 0.2) is 48.6 Å². The summed E-state index contributed by atoms with van der Waals surface area (Å²) in [5.41, 5.74) is 0. The molecule has 0 saturated heterocycles. The molecule has 68 heavy (non-hydrogen) atoms. The van der Waals surface area contributed by atoms with E-state index >= 15 is 0 Å². The predicted octanol–water partition coefficient (Wildman–Crippen LogP) is 18.6. The van der Waals surface area contributed by atoms with E-state index in [-0.39, 0.29) is 18.5 Å². The fourth-order valence-electron chi connectivity index (χ4n) is 8.95. The van der Waals surface area contributed by atoms with Crippen LogP contribution in [0.1, 0.15) is 309 Å². The van der Waals surface area contributed by atoms with Gasteiger partial charge in [-0.1, -0.05) is 255 Å². The Morgan fingerprint density at radius 2 is 0.735 bits per heavy atom. The molecule has 0 aliphatic carbocycles. The van der Waals surface area contributed by atoms with E-state index in [0.717, 1.165) is 89.9 Å². The molecule has 0 aliphatic heterocycles. The van der Waals surface area contributed by atoms with E-state index in [0.29, 0.717) is 19.4 Å². The Morgan fingerprint density at radius 1 is 0.412 bits per heavy atom. The van der Waals surface area contributed by atoms with Crippen LogP contribution in [0.3, 0.4) is 0 Å². The van der Waals surface area contributed by atoms with Gasteiger partial charge in [0.05, 0.1) is 25.4 Å². The first-order chi connectivity index (χ1) is 33.5. The van der Waals surface area contributed by atoms with E-state index < -0.39 is 12.1 Å². The van der Waals surface area contributed by atoms with Crippen LogP contribution in [0.2, 0.25) is 0 Å². The predicted molar refractivity (Wildman–Crippen MR) is 296 cm³/mol. The Labute approximate surface area is 423 Å². The Morgan fingerprint density at radius 3 is 1.15 bits per heavy atom. The number of amides is 1. The van der Waals surface area contributed by atoms with Gasteiger partial charge < -0.3 is 20.3 Å². The highest BCUT2D eigenvalue weighted by atomic mass is 16.5. The molecule has 0 saturated carbocycles. The number of hydrogen-bond acceptors (Lipinski definition) is 5. The van der Waals surface area contributed by atoms with Crippen LogP contribution >= 0.6 is 0 Å². The SMILES string of the molecule is CCCCCC/C=C\C/C=C\CCCCCCCCCC(=O)OCCCC/C=C\CCCCCCCC(=O)NC(CO)C(O)/C=C/CCCCCCCCCCCCCCCCCCCCCC. The second kappa shape index (κ2) is 57.4. The second-order valence-corrected chi connectivity index (χ2v) is 20.3. The van der Waals surface area contributed by atoms with Crippen LogP contribution in [0.4, 0.5) is 0 Å². The Balaban J connectivity index is 3.54. The van der Waals surface area contributed by atoms with Crippen LogP contribution in [-0.4, -0.2) is 47.4 Å². The zero-order chi connectivity index (χ0) is 49.3. The minimum atomic E-state index is -0.865. The molecule has 0 bridgehead atoms. The van der Waals surface area contributed by atoms with E-state index in [1.165, 1.54) is 193 Å². The summed E-state index contributed by atoms with van der Waals surface area (Å²) in [4.78, 5) is 24.6. The molecule has 398 valence electrons. The summed E-state index contributed by atoms with van der Waals surface area (Å²) in [7, 11) is 0. The van der Waals surface area contributed by atoms with Gasteiger partial charge in [-0.15, -0.1) is 0 Å². The maximum Gasteiger partial charge on any atom is 0.305 e. The smallest absolute Gasteiger partial charge is 0.305 e. The number of unbranched alkanes of at least 4 members (excludes halogenated alkanes) is 38. The summed E-state index contributed by atoms with van der Waals surface area (Å²) in [6.45, 7) is 4.82. The molecule has 0 aliphatic rings. The highest BCUT2D eigenvalue weighted by Crippen LogP contribution is 2.16. The van der Waals surface area contributed by atoms with Gasteiger partial charge in [-0.25, -0.2) is 0 Å². The zero-order valence-electron chi connectivity index (χ0n) is 45.3. The van der Waals surface area contributed by atoms with Crippen molar-refractivity contribution in [2.24, 2.45) is 0 Å². The average molecular weight is 955 g/mol. The number of aliphatic hydroxyl groups excluding tert-OH is 2. The monoisotopic (exact) mass is 954 g/mol. The minimum Gasteiger partial charge on any atom is -0.466 e. The molecule has 0 aromatic carbocycles. The number of carbonyl (C=O) groups is 2. The molecule has 0 heterocycles. The van der Waals surface area contributed by atoms with Gasteiger partial charge in [0.1, 0.15) is 0 Å². The van der Waals surface area contributed by atoms with Crippen molar-refractivity contribution in [3.63, 3.8) is 0 Å². The molecule has 3 N–H and O–H groups in total. The lowest BCUT2D eigenvalue weighted by Gasteiger charge is -2.20. The normalized spacial score (nSPS) is 12.9. The topological polar surface area (TPSA) is 95.9 Å². The summed E-state index contributed by atoms with van der Waals surface area (Å²) in [5.74, 6) is -0.136. The maximum absolute atomic E-state index is 12.5. The van der Waals surface area contributed by atoms with Gasteiger partial charge in [0.2, 0.25) is 5.91 Å². The van der Waals surface area contributed by atoms with Crippen molar-refractivity contribution in [3.8, 4) is 0 Å². The zero-order valence-corrected chi connectivity index (χ0v) is 45.3. The molecular weight excluding hydrogens is 839 g/mol. The number of nitrogens with one attached hydrogen (secondary N) is 1. The molecule has 2 unspecified atom stereocenters. The summed E-state index contributed by atoms with van der Waals surface area (Å²) in [6, 6.07) is -0.652. The third-order valence-electron chi connectivity index (χ3n) is 13.6. The van der Waals surface area contributed by atoms with Gasteiger partial charge in [-0.2, -0.15) is 0 Å². The molecule has 0 fully saturated rings. The standard InChI is InChI=1S/C62H115NO5/c1-3-5-7-9-11-13-15-17-19-21-23-24-25-26-27-29-31-34-38-42-46-50-54-60(65)59(58-64)63-61(66)55-51-47-43-39-35-33-37-41-45-49-53-57-68-62(67)56-52-48-44-40-36-32-30-28-22-20-18-16-14-12-10-8-6-4-2/h14,16,20,22,37,41,50,54,59-60,64-65H,3-13,15,17-19,21,23-36,38-40,42-49,51-53,55-58H2,1-2H3,(H,63,66)/b16-14-,22-20-,41-37-,54-50+. The number of rotatable bonds is 55. The van der Waals surface area contributed by atoms with E-state index in [1.54, 1.807) is 6.08 Å². The largest absolute Gasteiger partial charge is 0.466 e. The Hall–Kier alpha value is -2.18. The highest BCUT2D eigenvalue weighted by Gasteiger charge is 2.18. The van der Waals surface area contributed by atoms with Crippen molar-refractivity contribution < 1.29 is 24.5 Å². The number of hydrogen-bond donors (Lipinski definition) is 3. The number of ether oxygens (including phenoxy) is 1. The van der Waals surface area contributed by atoms with Crippen molar-refractivity contribution >= 4 is 11.9 Å². The van der Waals surface area contributed by atoms with Gasteiger partial charge in [0, 0.05) is 12.8 Å². The second-order valence-electron chi connectivity index (χ2n) is 20.3. The first-order valence-electron chi connectivity index (χ1n) is 29.9. The van der Waals surface area contributed by atoms with Crippen LogP contribution in [-0.2, 0) is 14.3 Å². The first-order valence-corrected chi connectivity index (χ1v) is 29.9. The molecule has 6 nitrogen and oxygen atoms in total. The molecular formula is C62H115NO5. The van der Waals surface area contributed by atoms with Crippen LogP contribution in [0, 0.1) is 0 Å². The summed E-state index contributed by atoms with van der Waals surface area (Å²) in [5, 5.41) is 23.2. The lowest BCUT2D eigenvalue weighted by Crippen LogP contribution is -2.45. The van der Waals surface area contributed by atoms with Crippen LogP contribution in [0.5, 0.6) is 0 Å². The van der Waals surface area contributed by atoms with Crippen LogP contribution in [0.25, 0.3) is 0 Å². The fourth-order valence-corrected chi connectivity index (χ4v) is 8.95. The van der Waals surface area contributed by atoms with Crippen molar-refractivity contribution in [1.29, 1.82) is 0 Å². The molecule has 0 rings (SSSR count). The maximum atomic E-state index is 12.5. The summed E-state index contributed by atoms with van der Waals surface area (Å²) < 4.78 is 5.45. The lowest BCUT2D eigenvalue weighted by atomic mass is 10.0. The first kappa shape index (κ1) is 65.8. The quantitative estimate of drug-likeness (QED) is 0.0321. The highest BCUT2D eigenvalue weighted by molar-refractivity contribution is 5.76. The molecule has 0 aromatic rings. The molecule has 0 aromatic heterocycles. The number of aliphatic hydroxyl groups is 2. The van der Waals surface area contributed by atoms with E-state index in [2.05, 4.69) is 55.6 Å². The van der Waals surface area contributed by atoms with E-state index in [4.69, 9.17) is 4.74 Å². The number of allylic oxidation sites excluding steroid dienone is 7. The fraction of sp³-hybridized carbons (Fsp3) is 0.839. The summed E-state index contributed by atoms with van der Waals surface area (Å²) >= 11 is 0. The van der Waals surface area contributed by atoms with Crippen LogP contribution < -0.4 is 5.32 Å². The van der Waals surface area contributed by atoms with Gasteiger partial charge in [-0.3, -0.25) is 9.59 Å². The van der Waals surface area contributed by atoms with Gasteiger partial charge in [-0.05, 0) is 89.9 Å². The molecule has 6 heteroatoms. The Bertz CT molecular complexity index is 1150. The van der Waals surface area contributed by atoms with Crippen molar-refractivity contribution in [2.75, 3.05) is 13.2 Å². The third kappa shape index (κ3) is 53.2. The van der Waals surface area contributed by atoms with Crippen molar-refractivity contribution in [3.05, 3.63) is 48.6 Å².